The number of hydrogen-bond donors (Lipinski definition) is 0. The van der Waals surface area contributed by atoms with Gasteiger partial charge in [0.1, 0.15) is 0 Å². The third-order valence-corrected chi connectivity index (χ3v) is 4.36. The maximum absolute atomic E-state index is 12.1. The van der Waals surface area contributed by atoms with E-state index in [9.17, 15) is 4.79 Å². The Morgan fingerprint density at radius 3 is 2.56 bits per heavy atom. The van der Waals surface area contributed by atoms with Gasteiger partial charge >= 0.3 is 5.97 Å². The monoisotopic (exact) mass is 377 g/mol. The lowest BCUT2D eigenvalue weighted by atomic mass is 10.2. The molecule has 0 aliphatic carbocycles. The molecule has 0 amide bonds. The van der Waals surface area contributed by atoms with E-state index in [0.717, 1.165) is 0 Å². The molecule has 0 saturated carbocycles. The molecule has 1 aliphatic heterocycles. The average Bonchev–Trinajstić information content (AvgIpc) is 2.99. The van der Waals surface area contributed by atoms with E-state index in [1.165, 1.54) is 13.2 Å². The van der Waals surface area contributed by atoms with E-state index in [1.807, 2.05) is 0 Å². The molecule has 0 saturated heterocycles. The highest BCUT2D eigenvalue weighted by atomic mass is 35.5. The minimum Gasteiger partial charge on any atom is -0.493 e. The standard InChI is InChI=1S/C18H13Cl2NO4/c1-23-14-7-6-11(9-15(14)24-2)17-21-13(18(22)25-17)8-10-4-3-5-12(19)16(10)20/h3-9H,1-2H3/b13-8+. The van der Waals surface area contributed by atoms with E-state index < -0.39 is 5.97 Å². The molecule has 0 fully saturated rings. The minimum absolute atomic E-state index is 0.133. The maximum Gasteiger partial charge on any atom is 0.363 e. The highest BCUT2D eigenvalue weighted by Gasteiger charge is 2.25. The number of esters is 1. The molecule has 0 spiro atoms. The molecule has 2 aromatic rings. The summed E-state index contributed by atoms with van der Waals surface area (Å²) in [5.41, 5.74) is 1.30. The van der Waals surface area contributed by atoms with Crippen LogP contribution in [0.15, 0.2) is 47.1 Å². The third-order valence-electron chi connectivity index (χ3n) is 3.52. The fourth-order valence-electron chi connectivity index (χ4n) is 2.28. The molecule has 1 heterocycles. The van der Waals surface area contributed by atoms with Crippen LogP contribution < -0.4 is 9.47 Å². The second kappa shape index (κ2) is 7.17. The van der Waals surface area contributed by atoms with Crippen LogP contribution in [0.2, 0.25) is 10.0 Å². The summed E-state index contributed by atoms with van der Waals surface area (Å²) in [7, 11) is 3.07. The van der Waals surface area contributed by atoms with Gasteiger partial charge in [0.2, 0.25) is 5.90 Å². The lowest BCUT2D eigenvalue weighted by Gasteiger charge is -2.08. The van der Waals surface area contributed by atoms with E-state index in [1.54, 1.807) is 43.5 Å². The Kier molecular flexibility index (Phi) is 4.97. The van der Waals surface area contributed by atoms with Crippen LogP contribution in [-0.4, -0.2) is 26.1 Å². The zero-order chi connectivity index (χ0) is 18.0. The van der Waals surface area contributed by atoms with Gasteiger partial charge in [0.25, 0.3) is 0 Å². The van der Waals surface area contributed by atoms with Gasteiger partial charge in [0.05, 0.1) is 24.3 Å². The summed E-state index contributed by atoms with van der Waals surface area (Å²) in [5, 5.41) is 0.741. The van der Waals surface area contributed by atoms with Crippen molar-refractivity contribution >= 4 is 41.1 Å². The van der Waals surface area contributed by atoms with E-state index in [-0.39, 0.29) is 11.6 Å². The first-order chi connectivity index (χ1) is 12.0. The van der Waals surface area contributed by atoms with Crippen molar-refractivity contribution in [3.05, 3.63) is 63.3 Å². The van der Waals surface area contributed by atoms with Crippen molar-refractivity contribution in [2.75, 3.05) is 14.2 Å². The molecule has 0 unspecified atom stereocenters. The molecular formula is C18H13Cl2NO4. The Morgan fingerprint density at radius 1 is 1.08 bits per heavy atom. The number of carbonyl (C=O) groups excluding carboxylic acids is 1. The van der Waals surface area contributed by atoms with Gasteiger partial charge in [-0.25, -0.2) is 9.79 Å². The van der Waals surface area contributed by atoms with Crippen LogP contribution in [0.25, 0.3) is 6.08 Å². The second-order valence-electron chi connectivity index (χ2n) is 5.05. The normalized spacial score (nSPS) is 15.1. The summed E-state index contributed by atoms with van der Waals surface area (Å²) in [4.78, 5) is 16.3. The number of methoxy groups -OCH3 is 2. The summed E-state index contributed by atoms with van der Waals surface area (Å²) in [6.07, 6.45) is 1.53. The average molecular weight is 378 g/mol. The van der Waals surface area contributed by atoms with Crippen LogP contribution >= 0.6 is 23.2 Å². The Bertz CT molecular complexity index is 906. The molecule has 128 valence electrons. The van der Waals surface area contributed by atoms with E-state index >= 15 is 0 Å². The van der Waals surface area contributed by atoms with Crippen LogP contribution in [-0.2, 0) is 9.53 Å². The zero-order valence-corrected chi connectivity index (χ0v) is 14.9. The first kappa shape index (κ1) is 17.3. The van der Waals surface area contributed by atoms with Crippen LogP contribution in [0.5, 0.6) is 11.5 Å². The molecular weight excluding hydrogens is 365 g/mol. The van der Waals surface area contributed by atoms with Gasteiger partial charge in [-0.2, -0.15) is 0 Å². The first-order valence-corrected chi connectivity index (χ1v) is 7.98. The van der Waals surface area contributed by atoms with Gasteiger partial charge in [-0.1, -0.05) is 35.3 Å². The number of carbonyl (C=O) groups is 1. The minimum atomic E-state index is -0.569. The van der Waals surface area contributed by atoms with E-state index in [2.05, 4.69) is 4.99 Å². The highest BCUT2D eigenvalue weighted by molar-refractivity contribution is 6.43. The van der Waals surface area contributed by atoms with Gasteiger partial charge in [-0.15, -0.1) is 0 Å². The Morgan fingerprint density at radius 2 is 1.84 bits per heavy atom. The molecule has 0 radical (unpaired) electrons. The van der Waals surface area contributed by atoms with Crippen LogP contribution in [0.3, 0.4) is 0 Å². The number of rotatable bonds is 4. The second-order valence-corrected chi connectivity index (χ2v) is 5.83. The zero-order valence-electron chi connectivity index (χ0n) is 13.4. The smallest absolute Gasteiger partial charge is 0.363 e. The molecule has 0 aromatic heterocycles. The molecule has 25 heavy (non-hydrogen) atoms. The van der Waals surface area contributed by atoms with Gasteiger partial charge in [0, 0.05) is 5.56 Å². The van der Waals surface area contributed by atoms with Crippen molar-refractivity contribution in [1.29, 1.82) is 0 Å². The number of ether oxygens (including phenoxy) is 3. The molecule has 3 rings (SSSR count). The lowest BCUT2D eigenvalue weighted by Crippen LogP contribution is -2.06. The predicted octanol–water partition coefficient (Wildman–Crippen LogP) is 4.36. The van der Waals surface area contributed by atoms with Gasteiger partial charge in [-0.3, -0.25) is 0 Å². The van der Waals surface area contributed by atoms with Gasteiger partial charge < -0.3 is 14.2 Å². The largest absolute Gasteiger partial charge is 0.493 e. The van der Waals surface area contributed by atoms with Crippen molar-refractivity contribution in [3.8, 4) is 11.5 Å². The van der Waals surface area contributed by atoms with Gasteiger partial charge in [0.15, 0.2) is 17.2 Å². The van der Waals surface area contributed by atoms with Crippen molar-refractivity contribution in [2.45, 2.75) is 0 Å². The van der Waals surface area contributed by atoms with Crippen LogP contribution in [0, 0.1) is 0 Å². The molecule has 2 aromatic carbocycles. The van der Waals surface area contributed by atoms with E-state index in [0.29, 0.717) is 32.7 Å². The fourth-order valence-corrected chi connectivity index (χ4v) is 2.64. The van der Waals surface area contributed by atoms with Gasteiger partial charge in [-0.05, 0) is 35.9 Å². The predicted molar refractivity (Wildman–Crippen MR) is 96.6 cm³/mol. The lowest BCUT2D eigenvalue weighted by molar-refractivity contribution is -0.129. The third kappa shape index (κ3) is 3.48. The number of cyclic esters (lactones) is 1. The molecule has 0 N–H and O–H groups in total. The summed E-state index contributed by atoms with van der Waals surface area (Å²) < 4.78 is 15.7. The molecule has 0 atom stereocenters. The fraction of sp³-hybridized carbons (Fsp3) is 0.111. The van der Waals surface area contributed by atoms with Crippen molar-refractivity contribution in [3.63, 3.8) is 0 Å². The number of benzene rings is 2. The van der Waals surface area contributed by atoms with E-state index in [4.69, 9.17) is 37.4 Å². The van der Waals surface area contributed by atoms with Crippen molar-refractivity contribution < 1.29 is 19.0 Å². The Labute approximate surface area is 154 Å². The SMILES string of the molecule is COc1ccc(C2=N/C(=C/c3cccc(Cl)c3Cl)C(=O)O2)cc1OC. The Hall–Kier alpha value is -2.50. The number of nitrogens with zero attached hydrogens (tertiary/aromatic N) is 1. The van der Waals surface area contributed by atoms with Crippen molar-refractivity contribution in [2.24, 2.45) is 4.99 Å². The number of halogens is 2. The highest BCUT2D eigenvalue weighted by Crippen LogP contribution is 2.31. The molecule has 7 heteroatoms. The molecule has 1 aliphatic rings. The summed E-state index contributed by atoms with van der Waals surface area (Å²) >= 11 is 12.1. The maximum atomic E-state index is 12.1. The summed E-state index contributed by atoms with van der Waals surface area (Å²) in [6, 6.07) is 10.2. The Balaban J connectivity index is 1.98. The first-order valence-electron chi connectivity index (χ1n) is 7.22. The summed E-state index contributed by atoms with van der Waals surface area (Å²) in [5.74, 6) is 0.683. The topological polar surface area (TPSA) is 57.1 Å². The quantitative estimate of drug-likeness (QED) is 0.586. The van der Waals surface area contributed by atoms with Crippen LogP contribution in [0.1, 0.15) is 11.1 Å². The summed E-state index contributed by atoms with van der Waals surface area (Å²) in [6.45, 7) is 0. The number of aliphatic imine (C=N–C) groups is 1. The molecule has 0 bridgehead atoms. The van der Waals surface area contributed by atoms with Crippen LogP contribution in [0.4, 0.5) is 0 Å². The van der Waals surface area contributed by atoms with Crippen molar-refractivity contribution in [1.82, 2.24) is 0 Å². The number of hydrogen-bond acceptors (Lipinski definition) is 5. The molecule has 5 nitrogen and oxygen atoms in total.